The molecule has 0 radical (unpaired) electrons. The Balaban J connectivity index is 1.68. The lowest BCUT2D eigenvalue weighted by Gasteiger charge is -2.25. The number of amides is 1. The maximum absolute atomic E-state index is 13.1. The van der Waals surface area contributed by atoms with E-state index in [2.05, 4.69) is 21.8 Å². The first-order chi connectivity index (χ1) is 15.5. The largest absolute Gasteiger partial charge is 0.350 e. The van der Waals surface area contributed by atoms with Crippen LogP contribution >= 0.6 is 22.9 Å². The first-order valence-electron chi connectivity index (χ1n) is 10.5. The molecule has 1 fully saturated rings. The first kappa shape index (κ1) is 22.3. The second-order valence-corrected chi connectivity index (χ2v) is 9.02. The number of nitrogens with zero attached hydrogens (tertiary/aromatic N) is 4. The molecule has 3 heterocycles. The minimum absolute atomic E-state index is 0.0613. The van der Waals surface area contributed by atoms with Crippen LogP contribution in [0.5, 0.6) is 0 Å². The molecule has 0 aliphatic carbocycles. The normalized spacial score (nSPS) is 14.0. The van der Waals surface area contributed by atoms with Crippen LogP contribution in [0.1, 0.15) is 24.8 Å². The van der Waals surface area contributed by atoms with Gasteiger partial charge in [-0.2, -0.15) is 0 Å². The van der Waals surface area contributed by atoms with Crippen LogP contribution in [0.4, 0.5) is 5.13 Å². The van der Waals surface area contributed by atoms with Gasteiger partial charge in [0.2, 0.25) is 5.91 Å². The number of carbonyl (C=O) groups excluding carboxylic acids is 1. The number of hydrogen-bond donors (Lipinski definition) is 1. The zero-order valence-electron chi connectivity index (χ0n) is 17.6. The van der Waals surface area contributed by atoms with Gasteiger partial charge in [0.15, 0.2) is 10.8 Å². The van der Waals surface area contributed by atoms with Gasteiger partial charge in [-0.25, -0.2) is 9.78 Å². The van der Waals surface area contributed by atoms with E-state index in [1.165, 1.54) is 28.4 Å². The van der Waals surface area contributed by atoms with Crippen LogP contribution in [0.25, 0.3) is 10.3 Å². The van der Waals surface area contributed by atoms with Crippen LogP contribution in [0, 0.1) is 0 Å². The van der Waals surface area contributed by atoms with Crippen molar-refractivity contribution in [1.29, 1.82) is 0 Å². The molecule has 1 saturated heterocycles. The molecule has 0 saturated carbocycles. The molecule has 10 heteroatoms. The average molecular weight is 474 g/mol. The summed E-state index contributed by atoms with van der Waals surface area (Å²) in [6.07, 6.45) is 4.79. The molecule has 4 rings (SSSR count). The Labute approximate surface area is 193 Å². The van der Waals surface area contributed by atoms with Crippen molar-refractivity contribution in [2.45, 2.75) is 38.9 Å². The van der Waals surface area contributed by atoms with E-state index < -0.39 is 11.2 Å². The fourth-order valence-corrected chi connectivity index (χ4v) is 5.03. The van der Waals surface area contributed by atoms with E-state index in [9.17, 15) is 14.4 Å². The number of allylic oxidation sites excluding steroid dienone is 1. The van der Waals surface area contributed by atoms with Crippen LogP contribution in [-0.2, 0) is 24.4 Å². The van der Waals surface area contributed by atoms with Gasteiger partial charge >= 0.3 is 5.69 Å². The number of piperidine rings is 1. The second-order valence-electron chi connectivity index (χ2n) is 7.64. The van der Waals surface area contributed by atoms with E-state index in [1.807, 2.05) is 18.2 Å². The summed E-state index contributed by atoms with van der Waals surface area (Å²) < 4.78 is 2.73. The van der Waals surface area contributed by atoms with Gasteiger partial charge in [-0.1, -0.05) is 47.2 Å². The van der Waals surface area contributed by atoms with Crippen LogP contribution in [0.3, 0.4) is 0 Å². The summed E-state index contributed by atoms with van der Waals surface area (Å²) in [5.74, 6) is -0.371. The number of benzene rings is 1. The van der Waals surface area contributed by atoms with Crippen molar-refractivity contribution >= 4 is 44.3 Å². The summed E-state index contributed by atoms with van der Waals surface area (Å²) in [5.41, 5.74) is 0.0423. The predicted octanol–water partition coefficient (Wildman–Crippen LogP) is 2.77. The van der Waals surface area contributed by atoms with E-state index >= 15 is 0 Å². The Morgan fingerprint density at radius 3 is 2.66 bits per heavy atom. The van der Waals surface area contributed by atoms with E-state index in [4.69, 9.17) is 11.6 Å². The van der Waals surface area contributed by atoms with E-state index in [0.29, 0.717) is 14.9 Å². The fraction of sp³-hybridized carbons (Fsp3) is 0.364. The third kappa shape index (κ3) is 4.49. The van der Waals surface area contributed by atoms with Crippen molar-refractivity contribution in [2.24, 2.45) is 0 Å². The number of nitrogens with one attached hydrogen (secondary N) is 1. The number of anilines is 1. The fourth-order valence-electron chi connectivity index (χ4n) is 3.76. The molecule has 1 aliphatic rings. The SMILES string of the molecule is C=CCn1c(=O)c2sc(N3CCCCC3)nc2n(CC(=O)NCc2ccccc2Cl)c1=O. The van der Waals surface area contributed by atoms with Gasteiger partial charge < -0.3 is 10.2 Å². The van der Waals surface area contributed by atoms with Gasteiger partial charge in [0.1, 0.15) is 11.2 Å². The molecule has 168 valence electrons. The summed E-state index contributed by atoms with van der Waals surface area (Å²) in [6, 6.07) is 7.22. The summed E-state index contributed by atoms with van der Waals surface area (Å²) in [5, 5.41) is 4.05. The van der Waals surface area contributed by atoms with E-state index in [1.54, 1.807) is 6.07 Å². The summed E-state index contributed by atoms with van der Waals surface area (Å²) in [4.78, 5) is 45.5. The Hall–Kier alpha value is -2.91. The van der Waals surface area contributed by atoms with Crippen molar-refractivity contribution in [3.05, 3.63) is 68.3 Å². The summed E-state index contributed by atoms with van der Waals surface area (Å²) >= 11 is 7.42. The third-order valence-corrected chi connectivity index (χ3v) is 6.89. The number of hydrogen-bond acceptors (Lipinski definition) is 6. The van der Waals surface area contributed by atoms with Gasteiger partial charge in [-0.15, -0.1) is 6.58 Å². The average Bonchev–Trinajstić information content (AvgIpc) is 3.25. The molecule has 1 aromatic carbocycles. The first-order valence-corrected chi connectivity index (χ1v) is 11.7. The zero-order chi connectivity index (χ0) is 22.7. The van der Waals surface area contributed by atoms with Crippen molar-refractivity contribution in [3.63, 3.8) is 0 Å². The van der Waals surface area contributed by atoms with Crippen molar-refractivity contribution in [1.82, 2.24) is 19.4 Å². The van der Waals surface area contributed by atoms with Crippen molar-refractivity contribution in [2.75, 3.05) is 18.0 Å². The minimum atomic E-state index is -0.578. The highest BCUT2D eigenvalue weighted by molar-refractivity contribution is 7.22. The topological polar surface area (TPSA) is 89.2 Å². The second kappa shape index (κ2) is 9.70. The lowest BCUT2D eigenvalue weighted by Crippen LogP contribution is -2.42. The molecule has 1 N–H and O–H groups in total. The number of halogens is 1. The molecule has 0 unspecified atom stereocenters. The highest BCUT2D eigenvalue weighted by Crippen LogP contribution is 2.28. The van der Waals surface area contributed by atoms with Crippen molar-refractivity contribution in [3.8, 4) is 0 Å². The Kier molecular flexibility index (Phi) is 6.76. The summed E-state index contributed by atoms with van der Waals surface area (Å²) in [6.45, 7) is 5.41. The highest BCUT2D eigenvalue weighted by atomic mass is 35.5. The Bertz CT molecular complexity index is 1270. The maximum atomic E-state index is 13.1. The predicted molar refractivity (Wildman–Crippen MR) is 128 cm³/mol. The van der Waals surface area contributed by atoms with E-state index in [0.717, 1.165) is 36.1 Å². The molecule has 0 bridgehead atoms. The minimum Gasteiger partial charge on any atom is -0.350 e. The number of thiazole rings is 1. The number of fused-ring (bicyclic) bond motifs is 1. The number of carbonyl (C=O) groups is 1. The quantitative estimate of drug-likeness (QED) is 0.533. The molecule has 0 atom stereocenters. The molecular weight excluding hydrogens is 450 g/mol. The lowest BCUT2D eigenvalue weighted by atomic mass is 10.1. The molecule has 32 heavy (non-hydrogen) atoms. The van der Waals surface area contributed by atoms with Crippen LogP contribution in [0.2, 0.25) is 5.02 Å². The van der Waals surface area contributed by atoms with Crippen LogP contribution in [0.15, 0.2) is 46.5 Å². The molecule has 2 aromatic heterocycles. The highest BCUT2D eigenvalue weighted by Gasteiger charge is 2.22. The Morgan fingerprint density at radius 2 is 1.94 bits per heavy atom. The third-order valence-electron chi connectivity index (χ3n) is 5.43. The molecule has 1 amide bonds. The molecule has 8 nitrogen and oxygen atoms in total. The van der Waals surface area contributed by atoms with Crippen molar-refractivity contribution < 1.29 is 4.79 Å². The maximum Gasteiger partial charge on any atom is 0.333 e. The van der Waals surface area contributed by atoms with Gasteiger partial charge in [0, 0.05) is 31.2 Å². The number of aromatic nitrogens is 3. The smallest absolute Gasteiger partial charge is 0.333 e. The van der Waals surface area contributed by atoms with Gasteiger partial charge in [-0.3, -0.25) is 18.7 Å². The Morgan fingerprint density at radius 1 is 1.19 bits per heavy atom. The van der Waals surface area contributed by atoms with Crippen LogP contribution in [-0.4, -0.2) is 33.1 Å². The van der Waals surface area contributed by atoms with Gasteiger partial charge in [0.05, 0.1) is 0 Å². The molecule has 1 aliphatic heterocycles. The molecular formula is C22H24ClN5O3S. The van der Waals surface area contributed by atoms with Gasteiger partial charge in [-0.05, 0) is 30.9 Å². The zero-order valence-corrected chi connectivity index (χ0v) is 19.1. The van der Waals surface area contributed by atoms with Crippen LogP contribution < -0.4 is 21.5 Å². The molecule has 0 spiro atoms. The monoisotopic (exact) mass is 473 g/mol. The summed E-state index contributed by atoms with van der Waals surface area (Å²) in [7, 11) is 0. The van der Waals surface area contributed by atoms with Gasteiger partial charge in [0.25, 0.3) is 5.56 Å². The number of rotatable bonds is 7. The molecule has 3 aromatic rings. The van der Waals surface area contributed by atoms with E-state index in [-0.39, 0.29) is 31.2 Å². The lowest BCUT2D eigenvalue weighted by molar-refractivity contribution is -0.121. The standard InChI is InChI=1S/C22H24ClN5O3S/c1-2-10-27-20(30)18-19(25-21(32-18)26-11-6-3-7-12-26)28(22(27)31)14-17(29)24-13-15-8-4-5-9-16(15)23/h2,4-5,8-9H,1,3,6-7,10-14H2,(H,24,29).